The summed E-state index contributed by atoms with van der Waals surface area (Å²) in [5, 5.41) is 0. The molecule has 1 saturated carbocycles. The first-order chi connectivity index (χ1) is 6.34. The monoisotopic (exact) mass is 173 g/mol. The summed E-state index contributed by atoms with van der Waals surface area (Å²) in [7, 11) is 0. The van der Waals surface area contributed by atoms with Crippen LogP contribution in [0.3, 0.4) is 0 Å². The maximum atomic E-state index is 5.76. The van der Waals surface area contributed by atoms with Crippen LogP contribution in [0.2, 0.25) is 0 Å². The van der Waals surface area contributed by atoms with Gasteiger partial charge in [-0.2, -0.15) is 0 Å². The molecule has 66 valence electrons. The van der Waals surface area contributed by atoms with Gasteiger partial charge < -0.3 is 10.7 Å². The summed E-state index contributed by atoms with van der Waals surface area (Å²) in [5.41, 5.74) is 7.91. The number of aromatic nitrogens is 2. The van der Waals surface area contributed by atoms with Gasteiger partial charge >= 0.3 is 0 Å². The van der Waals surface area contributed by atoms with Crippen molar-refractivity contribution in [3.63, 3.8) is 0 Å². The minimum Gasteiger partial charge on any atom is -0.342 e. The molecular formula is C10H11N3. The van der Waals surface area contributed by atoms with Crippen LogP contribution < -0.4 is 5.73 Å². The number of para-hydroxylation sites is 2. The molecule has 1 aliphatic rings. The third-order valence-electron chi connectivity index (χ3n) is 2.60. The molecule has 0 saturated heterocycles. The fourth-order valence-corrected chi connectivity index (χ4v) is 1.68. The number of fused-ring (bicyclic) bond motifs is 1. The molecule has 2 atom stereocenters. The molecule has 0 unspecified atom stereocenters. The Kier molecular flexibility index (Phi) is 1.27. The number of H-pyrrole nitrogens is 1. The number of hydrogen-bond donors (Lipinski definition) is 2. The summed E-state index contributed by atoms with van der Waals surface area (Å²) in [5.74, 6) is 1.51. The first kappa shape index (κ1) is 7.09. The second-order valence-corrected chi connectivity index (χ2v) is 3.65. The van der Waals surface area contributed by atoms with Gasteiger partial charge in [0.15, 0.2) is 0 Å². The highest BCUT2D eigenvalue weighted by Crippen LogP contribution is 2.37. The number of hydrogen-bond acceptors (Lipinski definition) is 2. The molecule has 1 heterocycles. The molecule has 1 aliphatic carbocycles. The third-order valence-corrected chi connectivity index (χ3v) is 2.60. The second kappa shape index (κ2) is 2.33. The van der Waals surface area contributed by atoms with Crippen molar-refractivity contribution in [3.05, 3.63) is 30.1 Å². The Morgan fingerprint density at radius 1 is 1.38 bits per heavy atom. The molecule has 1 fully saturated rings. The average Bonchev–Trinajstić information content (AvgIpc) is 2.74. The van der Waals surface area contributed by atoms with Gasteiger partial charge in [0, 0.05) is 12.0 Å². The Bertz CT molecular complexity index is 413. The number of nitrogens with one attached hydrogen (secondary N) is 1. The zero-order valence-electron chi connectivity index (χ0n) is 7.20. The molecular weight excluding hydrogens is 162 g/mol. The molecule has 0 spiro atoms. The summed E-state index contributed by atoms with van der Waals surface area (Å²) in [4.78, 5) is 7.79. The van der Waals surface area contributed by atoms with Crippen LogP contribution in [-0.4, -0.2) is 16.0 Å². The molecule has 3 nitrogen and oxygen atoms in total. The minimum atomic E-state index is 0.320. The molecule has 13 heavy (non-hydrogen) atoms. The van der Waals surface area contributed by atoms with Crippen LogP contribution in [0.15, 0.2) is 24.3 Å². The van der Waals surface area contributed by atoms with Crippen molar-refractivity contribution in [2.75, 3.05) is 0 Å². The molecule has 0 aliphatic heterocycles. The summed E-state index contributed by atoms with van der Waals surface area (Å²) in [6.45, 7) is 0. The summed E-state index contributed by atoms with van der Waals surface area (Å²) in [6.07, 6.45) is 1.07. The first-order valence-corrected chi connectivity index (χ1v) is 4.55. The van der Waals surface area contributed by atoms with E-state index in [-0.39, 0.29) is 0 Å². The highest BCUT2D eigenvalue weighted by atomic mass is 15.0. The molecule has 1 aromatic carbocycles. The summed E-state index contributed by atoms with van der Waals surface area (Å²) >= 11 is 0. The van der Waals surface area contributed by atoms with Crippen LogP contribution >= 0.6 is 0 Å². The van der Waals surface area contributed by atoms with Gasteiger partial charge in [0.1, 0.15) is 5.82 Å². The van der Waals surface area contributed by atoms with Crippen molar-refractivity contribution in [1.82, 2.24) is 9.97 Å². The topological polar surface area (TPSA) is 54.7 Å². The summed E-state index contributed by atoms with van der Waals surface area (Å²) in [6, 6.07) is 8.39. The fraction of sp³-hybridized carbons (Fsp3) is 0.300. The van der Waals surface area contributed by atoms with E-state index in [9.17, 15) is 0 Å². The van der Waals surface area contributed by atoms with E-state index in [1.54, 1.807) is 0 Å². The Labute approximate surface area is 76.0 Å². The van der Waals surface area contributed by atoms with E-state index in [0.29, 0.717) is 12.0 Å². The standard InChI is InChI=1S/C10H11N3/c11-7-5-6(7)10-12-8-3-1-2-4-9(8)13-10/h1-4,6-7H,5,11H2,(H,12,13)/t6-,7-/m1/s1. The lowest BCUT2D eigenvalue weighted by atomic mass is 10.3. The van der Waals surface area contributed by atoms with Gasteiger partial charge in [0.25, 0.3) is 0 Å². The van der Waals surface area contributed by atoms with Crippen molar-refractivity contribution in [1.29, 1.82) is 0 Å². The second-order valence-electron chi connectivity index (χ2n) is 3.65. The number of rotatable bonds is 1. The lowest BCUT2D eigenvalue weighted by Gasteiger charge is -1.87. The SMILES string of the molecule is N[C@@H]1C[C@H]1c1nc2ccccc2[nH]1. The number of imidazole rings is 1. The lowest BCUT2D eigenvalue weighted by Crippen LogP contribution is -2.01. The molecule has 3 heteroatoms. The van der Waals surface area contributed by atoms with Crippen molar-refractivity contribution in [3.8, 4) is 0 Å². The predicted molar refractivity (Wildman–Crippen MR) is 51.4 cm³/mol. The van der Waals surface area contributed by atoms with Crippen LogP contribution in [0.5, 0.6) is 0 Å². The van der Waals surface area contributed by atoms with Gasteiger partial charge in [-0.25, -0.2) is 4.98 Å². The van der Waals surface area contributed by atoms with Crippen molar-refractivity contribution in [2.24, 2.45) is 5.73 Å². The van der Waals surface area contributed by atoms with E-state index >= 15 is 0 Å². The van der Waals surface area contributed by atoms with Crippen molar-refractivity contribution in [2.45, 2.75) is 18.4 Å². The van der Waals surface area contributed by atoms with Crippen molar-refractivity contribution < 1.29 is 0 Å². The Morgan fingerprint density at radius 2 is 2.15 bits per heavy atom. The smallest absolute Gasteiger partial charge is 0.111 e. The first-order valence-electron chi connectivity index (χ1n) is 4.55. The largest absolute Gasteiger partial charge is 0.342 e. The van der Waals surface area contributed by atoms with Crippen molar-refractivity contribution >= 4 is 11.0 Å². The molecule has 0 amide bonds. The molecule has 0 bridgehead atoms. The maximum absolute atomic E-state index is 5.76. The fourth-order valence-electron chi connectivity index (χ4n) is 1.68. The Balaban J connectivity index is 2.12. The van der Waals surface area contributed by atoms with Crippen LogP contribution in [0, 0.1) is 0 Å². The van der Waals surface area contributed by atoms with E-state index in [2.05, 4.69) is 9.97 Å². The van der Waals surface area contributed by atoms with E-state index in [4.69, 9.17) is 5.73 Å². The predicted octanol–water partition coefficient (Wildman–Crippen LogP) is 1.38. The van der Waals surface area contributed by atoms with Crippen LogP contribution in [0.25, 0.3) is 11.0 Å². The molecule has 2 aromatic rings. The van der Waals surface area contributed by atoms with E-state index in [1.807, 2.05) is 24.3 Å². The maximum Gasteiger partial charge on any atom is 0.111 e. The van der Waals surface area contributed by atoms with Gasteiger partial charge in [-0.1, -0.05) is 12.1 Å². The third kappa shape index (κ3) is 1.04. The van der Waals surface area contributed by atoms with Gasteiger partial charge in [-0.15, -0.1) is 0 Å². The number of aromatic amines is 1. The van der Waals surface area contributed by atoms with Gasteiger partial charge in [-0.3, -0.25) is 0 Å². The highest BCUT2D eigenvalue weighted by Gasteiger charge is 2.37. The highest BCUT2D eigenvalue weighted by molar-refractivity contribution is 5.74. The van der Waals surface area contributed by atoms with Crippen LogP contribution in [-0.2, 0) is 0 Å². The number of nitrogens with two attached hydrogens (primary N) is 1. The van der Waals surface area contributed by atoms with Crippen LogP contribution in [0.4, 0.5) is 0 Å². The lowest BCUT2D eigenvalue weighted by molar-refractivity contribution is 0.921. The van der Waals surface area contributed by atoms with E-state index in [0.717, 1.165) is 23.3 Å². The molecule has 0 radical (unpaired) electrons. The minimum absolute atomic E-state index is 0.320. The normalized spacial score (nSPS) is 26.5. The molecule has 3 rings (SSSR count). The quantitative estimate of drug-likeness (QED) is 0.684. The number of nitrogens with zero attached hydrogens (tertiary/aromatic N) is 1. The Hall–Kier alpha value is -1.35. The average molecular weight is 173 g/mol. The molecule has 3 N–H and O–H groups in total. The van der Waals surface area contributed by atoms with Gasteiger partial charge in [-0.05, 0) is 18.6 Å². The van der Waals surface area contributed by atoms with E-state index in [1.165, 1.54) is 0 Å². The zero-order valence-corrected chi connectivity index (χ0v) is 7.20. The van der Waals surface area contributed by atoms with Gasteiger partial charge in [0.2, 0.25) is 0 Å². The zero-order chi connectivity index (χ0) is 8.84. The summed E-state index contributed by atoms with van der Waals surface area (Å²) < 4.78 is 0. The van der Waals surface area contributed by atoms with Gasteiger partial charge in [0.05, 0.1) is 11.0 Å². The van der Waals surface area contributed by atoms with E-state index < -0.39 is 0 Å². The Morgan fingerprint density at radius 3 is 2.85 bits per heavy atom. The number of benzene rings is 1. The van der Waals surface area contributed by atoms with Crippen LogP contribution in [0.1, 0.15) is 18.2 Å². The molecule has 1 aromatic heterocycles.